The van der Waals surface area contributed by atoms with Gasteiger partial charge >= 0.3 is 5.97 Å². The molecule has 1 unspecified atom stereocenters. The van der Waals surface area contributed by atoms with Gasteiger partial charge in [-0.05, 0) is 60.4 Å². The Morgan fingerprint density at radius 1 is 1.05 bits per heavy atom. The molecular weight excluding hydrogens is 567 g/mol. The van der Waals surface area contributed by atoms with Gasteiger partial charge in [0.2, 0.25) is 0 Å². The number of methoxy groups -OCH3 is 1. The van der Waals surface area contributed by atoms with E-state index in [2.05, 4.69) is 11.9 Å². The highest BCUT2D eigenvalue weighted by Crippen LogP contribution is 2.36. The normalized spacial score (nSPS) is 14.7. The molecule has 9 heteroatoms. The zero-order valence-electron chi connectivity index (χ0n) is 24.3. The van der Waals surface area contributed by atoms with Crippen molar-refractivity contribution in [3.8, 4) is 11.5 Å². The molecule has 1 atom stereocenters. The van der Waals surface area contributed by atoms with Gasteiger partial charge in [-0.3, -0.25) is 9.36 Å². The van der Waals surface area contributed by atoms with Gasteiger partial charge in [-0.1, -0.05) is 79.6 Å². The molecular formula is C34H33FN2O5S. The van der Waals surface area contributed by atoms with Crippen molar-refractivity contribution in [3.05, 3.63) is 126 Å². The summed E-state index contributed by atoms with van der Waals surface area (Å²) in [6, 6.07) is 19.9. The summed E-state index contributed by atoms with van der Waals surface area (Å²) in [4.78, 5) is 32.7. The molecule has 4 aromatic rings. The number of carbonyl (C=O) groups excluding carboxylic acids is 1. The zero-order valence-corrected chi connectivity index (χ0v) is 25.2. The van der Waals surface area contributed by atoms with E-state index in [0.717, 1.165) is 24.8 Å². The maximum Gasteiger partial charge on any atom is 0.338 e. The highest BCUT2D eigenvalue weighted by molar-refractivity contribution is 7.07. The molecule has 5 rings (SSSR count). The Morgan fingerprint density at radius 2 is 1.81 bits per heavy atom. The van der Waals surface area contributed by atoms with Crippen LogP contribution in [0.1, 0.15) is 55.8 Å². The minimum absolute atomic E-state index is 0.0754. The van der Waals surface area contributed by atoms with Gasteiger partial charge in [0, 0.05) is 0 Å². The number of hydrogen-bond donors (Lipinski definition) is 0. The fourth-order valence-corrected chi connectivity index (χ4v) is 5.96. The fraction of sp³-hybridized carbons (Fsp3) is 0.265. The van der Waals surface area contributed by atoms with Gasteiger partial charge in [0.25, 0.3) is 5.56 Å². The molecule has 1 aromatic heterocycles. The second-order valence-corrected chi connectivity index (χ2v) is 11.2. The Morgan fingerprint density at radius 3 is 2.53 bits per heavy atom. The molecule has 0 amide bonds. The van der Waals surface area contributed by atoms with E-state index < -0.39 is 12.0 Å². The van der Waals surface area contributed by atoms with Gasteiger partial charge < -0.3 is 14.2 Å². The highest BCUT2D eigenvalue weighted by atomic mass is 32.1. The average molecular weight is 601 g/mol. The van der Waals surface area contributed by atoms with Crippen LogP contribution in [0.4, 0.5) is 4.39 Å². The summed E-state index contributed by atoms with van der Waals surface area (Å²) in [7, 11) is 1.56. The Kier molecular flexibility index (Phi) is 9.51. The number of ether oxygens (including phenoxy) is 3. The topological polar surface area (TPSA) is 79.1 Å². The number of halogens is 1. The van der Waals surface area contributed by atoms with Crippen LogP contribution >= 0.6 is 11.3 Å². The number of allylic oxidation sites excluding steroid dienone is 1. The first-order valence-electron chi connectivity index (χ1n) is 14.2. The fourth-order valence-electron chi connectivity index (χ4n) is 4.92. The Balaban J connectivity index is 1.59. The molecule has 0 aliphatic carbocycles. The van der Waals surface area contributed by atoms with Gasteiger partial charge in [0.1, 0.15) is 12.4 Å². The second-order valence-electron chi connectivity index (χ2n) is 10.2. The lowest BCUT2D eigenvalue weighted by Gasteiger charge is -2.25. The summed E-state index contributed by atoms with van der Waals surface area (Å²) in [5.41, 5.74) is 2.56. The van der Waals surface area contributed by atoms with E-state index in [9.17, 15) is 14.0 Å². The Labute approximate surface area is 253 Å². The van der Waals surface area contributed by atoms with E-state index in [4.69, 9.17) is 14.2 Å². The molecule has 7 nitrogen and oxygen atoms in total. The molecule has 0 saturated heterocycles. The van der Waals surface area contributed by atoms with Crippen LogP contribution in [-0.4, -0.2) is 24.3 Å². The van der Waals surface area contributed by atoms with E-state index in [1.165, 1.54) is 28.0 Å². The molecule has 0 fully saturated rings. The van der Waals surface area contributed by atoms with Crippen molar-refractivity contribution in [2.24, 2.45) is 4.99 Å². The van der Waals surface area contributed by atoms with Crippen LogP contribution in [-0.2, 0) is 16.1 Å². The van der Waals surface area contributed by atoms with Crippen LogP contribution in [0.5, 0.6) is 11.5 Å². The second kappa shape index (κ2) is 13.6. The van der Waals surface area contributed by atoms with Crippen LogP contribution in [0, 0.1) is 5.82 Å². The Hall–Kier alpha value is -4.50. The van der Waals surface area contributed by atoms with Crippen molar-refractivity contribution in [2.45, 2.75) is 45.8 Å². The van der Waals surface area contributed by atoms with Crippen molar-refractivity contribution >= 4 is 23.4 Å². The van der Waals surface area contributed by atoms with Gasteiger partial charge in [-0.25, -0.2) is 14.2 Å². The first-order chi connectivity index (χ1) is 20.9. The number of aromatic nitrogens is 1. The molecule has 222 valence electrons. The number of thiazole rings is 1. The molecule has 1 aliphatic heterocycles. The van der Waals surface area contributed by atoms with Crippen molar-refractivity contribution < 1.29 is 23.4 Å². The molecule has 2 heterocycles. The minimum atomic E-state index is -0.821. The number of nitrogens with zero attached hydrogens (tertiary/aromatic N) is 2. The molecule has 3 aromatic carbocycles. The number of esters is 1. The van der Waals surface area contributed by atoms with Gasteiger partial charge in [0.15, 0.2) is 16.3 Å². The number of carbonyl (C=O) groups is 1. The van der Waals surface area contributed by atoms with E-state index in [1.807, 2.05) is 36.4 Å². The highest BCUT2D eigenvalue weighted by Gasteiger charge is 2.34. The molecule has 0 bridgehead atoms. The summed E-state index contributed by atoms with van der Waals surface area (Å²) < 4.78 is 32.8. The number of benzene rings is 3. The van der Waals surface area contributed by atoms with Crippen LogP contribution in [0.2, 0.25) is 0 Å². The van der Waals surface area contributed by atoms with Gasteiger partial charge in [0.05, 0.1) is 35.6 Å². The molecule has 0 saturated carbocycles. The molecule has 0 spiro atoms. The Bertz CT molecular complexity index is 1810. The lowest BCUT2D eigenvalue weighted by atomic mass is 9.95. The van der Waals surface area contributed by atoms with Crippen LogP contribution in [0.3, 0.4) is 0 Å². The van der Waals surface area contributed by atoms with Crippen LogP contribution in [0.25, 0.3) is 6.08 Å². The third kappa shape index (κ3) is 6.78. The van der Waals surface area contributed by atoms with E-state index in [1.54, 1.807) is 44.4 Å². The van der Waals surface area contributed by atoms with E-state index in [-0.39, 0.29) is 23.6 Å². The van der Waals surface area contributed by atoms with Crippen molar-refractivity contribution in [1.29, 1.82) is 0 Å². The van der Waals surface area contributed by atoms with E-state index in [0.29, 0.717) is 44.3 Å². The molecule has 1 aliphatic rings. The van der Waals surface area contributed by atoms with Crippen molar-refractivity contribution in [2.75, 3.05) is 13.7 Å². The summed E-state index contributed by atoms with van der Waals surface area (Å²) in [6.07, 6.45) is 4.76. The maximum absolute atomic E-state index is 13.9. The molecule has 0 radical (unpaired) electrons. The first-order valence-corrected chi connectivity index (χ1v) is 15.0. The predicted molar refractivity (Wildman–Crippen MR) is 164 cm³/mol. The lowest BCUT2D eigenvalue weighted by molar-refractivity contribution is -0.140. The number of hydrogen-bond acceptors (Lipinski definition) is 7. The van der Waals surface area contributed by atoms with Crippen molar-refractivity contribution in [1.82, 2.24) is 4.57 Å². The number of rotatable bonds is 11. The predicted octanol–water partition coefficient (Wildman–Crippen LogP) is 5.70. The third-order valence-corrected chi connectivity index (χ3v) is 8.11. The summed E-state index contributed by atoms with van der Waals surface area (Å²) >= 11 is 1.21. The average Bonchev–Trinajstić information content (AvgIpc) is 3.32. The van der Waals surface area contributed by atoms with Gasteiger partial charge in [-0.15, -0.1) is 0 Å². The summed E-state index contributed by atoms with van der Waals surface area (Å²) in [5.74, 6) is 0.149. The monoisotopic (exact) mass is 600 g/mol. The van der Waals surface area contributed by atoms with Crippen LogP contribution < -0.4 is 24.4 Å². The smallest absolute Gasteiger partial charge is 0.338 e. The quantitative estimate of drug-likeness (QED) is 0.163. The zero-order chi connectivity index (χ0) is 30.3. The standard InChI is InChI=1S/C34H33FN2O5S/c1-4-5-9-18-41-27-17-14-25(20-28(27)40-3)31-30(33(39)42-21-24-10-7-6-8-11-24)22(2)36-34-37(31)32(38)29(43-34)19-23-12-15-26(35)16-13-23/h6-8,10-17,19-20,31H,4-5,9,18,21H2,1-3H3. The maximum atomic E-state index is 13.9. The van der Waals surface area contributed by atoms with Gasteiger partial charge in [-0.2, -0.15) is 0 Å². The largest absolute Gasteiger partial charge is 0.493 e. The first kappa shape index (κ1) is 30.0. The summed E-state index contributed by atoms with van der Waals surface area (Å²) in [5, 5.41) is 0. The minimum Gasteiger partial charge on any atom is -0.493 e. The van der Waals surface area contributed by atoms with Crippen LogP contribution in [0.15, 0.2) is 93.9 Å². The third-order valence-electron chi connectivity index (χ3n) is 7.13. The SMILES string of the molecule is CCCCCOc1ccc(C2C(C(=O)OCc3ccccc3)=C(C)N=c3sc(=Cc4ccc(F)cc4)c(=O)n32)cc1OC. The summed E-state index contributed by atoms with van der Waals surface area (Å²) in [6.45, 7) is 4.50. The number of unbranched alkanes of at least 4 members (excludes halogenated alkanes) is 2. The molecule has 43 heavy (non-hydrogen) atoms. The van der Waals surface area contributed by atoms with Crippen molar-refractivity contribution in [3.63, 3.8) is 0 Å². The van der Waals surface area contributed by atoms with E-state index >= 15 is 0 Å². The lowest BCUT2D eigenvalue weighted by Crippen LogP contribution is -2.39. The molecule has 0 N–H and O–H groups in total. The number of fused-ring (bicyclic) bond motifs is 1.